The summed E-state index contributed by atoms with van der Waals surface area (Å²) in [5, 5.41) is 22.4. The molecule has 3 saturated carbocycles. The fourth-order valence-electron chi connectivity index (χ4n) is 9.71. The number of phenolic OH excluding ortho intramolecular Hbond substituents is 2. The average Bonchev–Trinajstić information content (AvgIpc) is 2.90. The van der Waals surface area contributed by atoms with Gasteiger partial charge in [-0.2, -0.15) is 0 Å². The summed E-state index contributed by atoms with van der Waals surface area (Å²) < 4.78 is 5.54. The number of aromatic hydroxyl groups is 2. The lowest BCUT2D eigenvalue weighted by molar-refractivity contribution is -0.175. The quantitative estimate of drug-likeness (QED) is 0.525. The predicted molar refractivity (Wildman–Crippen MR) is 150 cm³/mol. The average molecular weight is 520 g/mol. The molecule has 1 aliphatic heterocycles. The van der Waals surface area contributed by atoms with Crippen LogP contribution in [0.25, 0.3) is 12.7 Å². The molecule has 4 aliphatic carbocycles. The Morgan fingerprint density at radius 2 is 1.66 bits per heavy atom. The fraction of sp³-hybridized carbons (Fsp3) is 0.667. The number of hydrogen-bond acceptors (Lipinski definition) is 4. The van der Waals surface area contributed by atoms with Gasteiger partial charge in [-0.1, -0.05) is 58.9 Å². The zero-order valence-corrected chi connectivity index (χ0v) is 24.0. The Balaban J connectivity index is 1.42. The highest BCUT2D eigenvalue weighted by atomic mass is 16.5. The van der Waals surface area contributed by atoms with Crippen LogP contribution in [-0.4, -0.2) is 47.3 Å². The van der Waals surface area contributed by atoms with Crippen molar-refractivity contribution in [3.8, 4) is 11.5 Å². The van der Waals surface area contributed by atoms with E-state index in [-0.39, 0.29) is 38.6 Å². The van der Waals surface area contributed by atoms with Crippen molar-refractivity contribution < 1.29 is 19.7 Å². The molecule has 5 aliphatic rings. The van der Waals surface area contributed by atoms with Gasteiger partial charge < -0.3 is 19.8 Å². The first kappa shape index (κ1) is 26.0. The highest BCUT2D eigenvalue weighted by Gasteiger charge is 2.67. The molecule has 0 spiro atoms. The van der Waals surface area contributed by atoms with Crippen LogP contribution < -0.4 is 10.4 Å². The Bertz CT molecular complexity index is 1340. The second kappa shape index (κ2) is 8.13. The molecule has 206 valence electrons. The van der Waals surface area contributed by atoms with Crippen LogP contribution in [0.5, 0.6) is 11.5 Å². The van der Waals surface area contributed by atoms with Gasteiger partial charge in [0.15, 0.2) is 11.5 Å². The Hall–Kier alpha value is -2.27. The highest BCUT2D eigenvalue weighted by Crippen LogP contribution is 2.74. The van der Waals surface area contributed by atoms with E-state index in [9.17, 15) is 15.0 Å². The van der Waals surface area contributed by atoms with Crippen LogP contribution in [0.15, 0.2) is 17.7 Å². The fourth-order valence-corrected chi connectivity index (χ4v) is 9.71. The number of phenols is 2. The van der Waals surface area contributed by atoms with Crippen molar-refractivity contribution >= 4 is 18.6 Å². The lowest BCUT2D eigenvalue weighted by atomic mass is 9.34. The smallest absolute Gasteiger partial charge is 0.228 e. The van der Waals surface area contributed by atoms with E-state index in [4.69, 9.17) is 4.74 Å². The number of amides is 1. The second-order valence-corrected chi connectivity index (χ2v) is 14.4. The Labute approximate surface area is 227 Å². The largest absolute Gasteiger partial charge is 0.504 e. The Morgan fingerprint density at radius 1 is 0.974 bits per heavy atom. The van der Waals surface area contributed by atoms with E-state index in [2.05, 4.69) is 58.2 Å². The molecular formula is C33H45NO4. The number of morpholine rings is 1. The molecule has 1 aromatic rings. The van der Waals surface area contributed by atoms with Gasteiger partial charge in [-0.05, 0) is 84.0 Å². The molecule has 0 radical (unpaired) electrons. The van der Waals surface area contributed by atoms with E-state index in [0.717, 1.165) is 49.3 Å². The van der Waals surface area contributed by atoms with Crippen LogP contribution in [-0.2, 0) is 14.9 Å². The van der Waals surface area contributed by atoms with Gasteiger partial charge in [0, 0.05) is 29.1 Å². The third-order valence-corrected chi connectivity index (χ3v) is 12.6. The minimum Gasteiger partial charge on any atom is -0.504 e. The summed E-state index contributed by atoms with van der Waals surface area (Å²) >= 11 is 0. The Kier molecular flexibility index (Phi) is 5.56. The number of ether oxygens (including phenoxy) is 1. The standard InChI is InChI=1S/C33H45NO4/c1-21-22-7-8-25-31(4,23(22)19-24(35)27(21)36)12-14-33(6)26-20-30(3,28(37)34-15-17-38-18-16-34)10-9-29(26,2)11-13-32(25,33)5/h7-8,19,26,35-36H,1,9-18,20H2,2-6H3/t26-,29-,30-,31+,32-,33+/m1/s1. The molecule has 1 aromatic carbocycles. The first-order valence-electron chi connectivity index (χ1n) is 14.6. The monoisotopic (exact) mass is 519 g/mol. The number of nitrogens with zero attached hydrogens (tertiary/aromatic N) is 1. The number of benzene rings is 1. The van der Waals surface area contributed by atoms with Gasteiger partial charge in [-0.25, -0.2) is 0 Å². The molecule has 0 unspecified atom stereocenters. The van der Waals surface area contributed by atoms with Gasteiger partial charge in [-0.15, -0.1) is 0 Å². The summed E-state index contributed by atoms with van der Waals surface area (Å²) in [6.45, 7) is 18.9. The molecule has 2 N–H and O–H groups in total. The summed E-state index contributed by atoms with van der Waals surface area (Å²) in [5.41, 5.74) is 2.28. The first-order chi connectivity index (χ1) is 17.8. The van der Waals surface area contributed by atoms with E-state index in [1.807, 2.05) is 0 Å². The van der Waals surface area contributed by atoms with Crippen LogP contribution >= 0.6 is 0 Å². The normalized spacial score (nSPS) is 42.1. The molecule has 6 rings (SSSR count). The molecule has 1 heterocycles. The molecule has 0 aromatic heterocycles. The van der Waals surface area contributed by atoms with Gasteiger partial charge in [0.25, 0.3) is 0 Å². The zero-order chi connectivity index (χ0) is 27.3. The topological polar surface area (TPSA) is 70.0 Å². The molecule has 6 atom stereocenters. The number of rotatable bonds is 1. The van der Waals surface area contributed by atoms with E-state index >= 15 is 0 Å². The van der Waals surface area contributed by atoms with Gasteiger partial charge in [0.2, 0.25) is 5.91 Å². The number of carbonyl (C=O) groups excluding carboxylic acids is 1. The molecule has 0 bridgehead atoms. The maximum Gasteiger partial charge on any atom is 0.228 e. The second-order valence-electron chi connectivity index (χ2n) is 14.4. The van der Waals surface area contributed by atoms with Crippen LogP contribution in [0.4, 0.5) is 0 Å². The third-order valence-electron chi connectivity index (χ3n) is 12.6. The molecular weight excluding hydrogens is 474 g/mol. The molecule has 5 nitrogen and oxygen atoms in total. The van der Waals surface area contributed by atoms with Crippen LogP contribution in [0.1, 0.15) is 85.1 Å². The van der Waals surface area contributed by atoms with Gasteiger partial charge in [0.1, 0.15) is 0 Å². The van der Waals surface area contributed by atoms with Crippen molar-refractivity contribution in [2.75, 3.05) is 26.3 Å². The lowest BCUT2D eigenvalue weighted by Gasteiger charge is -2.69. The number of fused-ring (bicyclic) bond motifs is 7. The predicted octanol–water partition coefficient (Wildman–Crippen LogP) is 4.76. The molecule has 1 amide bonds. The minimum atomic E-state index is -0.324. The molecule has 1 saturated heterocycles. The van der Waals surface area contributed by atoms with Crippen molar-refractivity contribution in [3.63, 3.8) is 0 Å². The van der Waals surface area contributed by atoms with Crippen LogP contribution in [0.2, 0.25) is 0 Å². The maximum atomic E-state index is 13.9. The molecule has 38 heavy (non-hydrogen) atoms. The molecule has 4 fully saturated rings. The van der Waals surface area contributed by atoms with Gasteiger partial charge >= 0.3 is 0 Å². The van der Waals surface area contributed by atoms with Crippen molar-refractivity contribution in [1.82, 2.24) is 4.90 Å². The van der Waals surface area contributed by atoms with Gasteiger partial charge in [0.05, 0.1) is 13.2 Å². The summed E-state index contributed by atoms with van der Waals surface area (Å²) in [6.07, 6.45) is 11.8. The van der Waals surface area contributed by atoms with Gasteiger partial charge in [-0.3, -0.25) is 4.79 Å². The first-order valence-corrected chi connectivity index (χ1v) is 14.6. The van der Waals surface area contributed by atoms with Crippen molar-refractivity contribution in [3.05, 3.63) is 33.7 Å². The minimum absolute atomic E-state index is 0.0204. The lowest BCUT2D eigenvalue weighted by Crippen LogP contribution is -2.63. The summed E-state index contributed by atoms with van der Waals surface area (Å²) in [5.74, 6) is 0.592. The SMILES string of the molecule is C=c1c(O)c(O)cc2c1=CC=C1[C@@]2(C)CC[C@@]2(C)[C@@H]3C[C@](C)(C(=O)N4CCOCC4)CC[C@]3(C)CC[C@]12C. The van der Waals surface area contributed by atoms with Crippen LogP contribution in [0, 0.1) is 27.6 Å². The van der Waals surface area contributed by atoms with Crippen molar-refractivity contribution in [1.29, 1.82) is 0 Å². The van der Waals surface area contributed by atoms with E-state index in [0.29, 0.717) is 43.3 Å². The Morgan fingerprint density at radius 3 is 2.37 bits per heavy atom. The van der Waals surface area contributed by atoms with E-state index in [1.165, 1.54) is 12.0 Å². The summed E-state index contributed by atoms with van der Waals surface area (Å²) in [6, 6.07) is 1.78. The number of carbonyl (C=O) groups is 1. The molecule has 5 heteroatoms. The maximum absolute atomic E-state index is 13.9. The van der Waals surface area contributed by atoms with Crippen molar-refractivity contribution in [2.24, 2.45) is 27.6 Å². The highest BCUT2D eigenvalue weighted by molar-refractivity contribution is 5.82. The van der Waals surface area contributed by atoms with E-state index < -0.39 is 0 Å². The van der Waals surface area contributed by atoms with Crippen LogP contribution in [0.3, 0.4) is 0 Å². The zero-order valence-electron chi connectivity index (χ0n) is 24.0. The van der Waals surface area contributed by atoms with E-state index in [1.54, 1.807) is 6.07 Å². The van der Waals surface area contributed by atoms with Crippen molar-refractivity contribution in [2.45, 2.75) is 85.0 Å². The number of hydrogen-bond donors (Lipinski definition) is 2. The number of allylic oxidation sites excluding steroid dienone is 2. The third kappa shape index (κ3) is 3.23. The summed E-state index contributed by atoms with van der Waals surface area (Å²) in [7, 11) is 0. The summed E-state index contributed by atoms with van der Waals surface area (Å²) in [4.78, 5) is 16.0.